The highest BCUT2D eigenvalue weighted by molar-refractivity contribution is 7.98. The molecule has 0 N–H and O–H groups in total. The van der Waals surface area contributed by atoms with Gasteiger partial charge in [0.05, 0.1) is 7.11 Å². The van der Waals surface area contributed by atoms with Crippen molar-refractivity contribution in [2.24, 2.45) is 0 Å². The van der Waals surface area contributed by atoms with Gasteiger partial charge >= 0.3 is 0 Å². The van der Waals surface area contributed by atoms with Crippen LogP contribution in [-0.4, -0.2) is 13.4 Å². The van der Waals surface area contributed by atoms with E-state index in [0.717, 1.165) is 12.2 Å². The molecule has 0 spiro atoms. The highest BCUT2D eigenvalue weighted by atomic mass is 32.2. The van der Waals surface area contributed by atoms with Crippen molar-refractivity contribution in [3.8, 4) is 5.75 Å². The average Bonchev–Trinajstić information content (AvgIpc) is 2.43. The van der Waals surface area contributed by atoms with Gasteiger partial charge in [-0.3, -0.25) is 0 Å². The number of hydrogen-bond acceptors (Lipinski definition) is 2. The summed E-state index contributed by atoms with van der Waals surface area (Å²) in [4.78, 5) is 1.24. The predicted octanol–water partition coefficient (Wildman–Crippen LogP) is 4.91. The minimum Gasteiger partial charge on any atom is -0.495 e. The first-order chi connectivity index (χ1) is 8.81. The molecular formula is C16H20OS. The quantitative estimate of drug-likeness (QED) is 0.706. The topological polar surface area (TPSA) is 9.23 Å². The lowest BCUT2D eigenvalue weighted by Gasteiger charge is -2.15. The number of thioether (sulfide) groups is 1. The summed E-state index contributed by atoms with van der Waals surface area (Å²) in [6, 6.07) is 10.8. The Bertz CT molecular complexity index is 534. The molecule has 0 atom stereocenters. The number of unbranched alkanes of at least 4 members (excludes halogenated alkanes) is 1. The van der Waals surface area contributed by atoms with Gasteiger partial charge in [-0.05, 0) is 35.9 Å². The highest BCUT2D eigenvalue weighted by Gasteiger charge is 2.12. The van der Waals surface area contributed by atoms with E-state index in [2.05, 4.69) is 43.5 Å². The molecule has 0 radical (unpaired) electrons. The summed E-state index contributed by atoms with van der Waals surface area (Å²) in [7, 11) is 1.78. The second-order valence-electron chi connectivity index (χ2n) is 4.42. The number of fused-ring (bicyclic) bond motifs is 1. The van der Waals surface area contributed by atoms with Crippen LogP contribution >= 0.6 is 11.8 Å². The van der Waals surface area contributed by atoms with Gasteiger partial charge in [-0.2, -0.15) is 0 Å². The van der Waals surface area contributed by atoms with Crippen LogP contribution in [0.4, 0.5) is 0 Å². The Morgan fingerprint density at radius 2 is 2.00 bits per heavy atom. The van der Waals surface area contributed by atoms with E-state index in [0.29, 0.717) is 0 Å². The number of methoxy groups -OCH3 is 1. The van der Waals surface area contributed by atoms with E-state index in [1.54, 1.807) is 18.9 Å². The Hall–Kier alpha value is -1.15. The second kappa shape index (κ2) is 6.14. The van der Waals surface area contributed by atoms with E-state index in [4.69, 9.17) is 4.74 Å². The van der Waals surface area contributed by atoms with E-state index in [1.807, 2.05) is 0 Å². The summed E-state index contributed by atoms with van der Waals surface area (Å²) in [5.41, 5.74) is 1.36. The summed E-state index contributed by atoms with van der Waals surface area (Å²) in [6.07, 6.45) is 5.62. The Balaban J connectivity index is 2.65. The van der Waals surface area contributed by atoms with Crippen LogP contribution in [0.25, 0.3) is 10.8 Å². The SMILES string of the molecule is CCCCc1c(OC)c(SC)cc2ccccc12. The number of rotatable bonds is 5. The van der Waals surface area contributed by atoms with Crippen molar-refractivity contribution in [3.63, 3.8) is 0 Å². The summed E-state index contributed by atoms with van der Waals surface area (Å²) in [5.74, 6) is 1.06. The second-order valence-corrected chi connectivity index (χ2v) is 5.26. The van der Waals surface area contributed by atoms with Crippen LogP contribution in [0.5, 0.6) is 5.75 Å². The normalized spacial score (nSPS) is 10.8. The number of hydrogen-bond donors (Lipinski definition) is 0. The lowest BCUT2D eigenvalue weighted by Crippen LogP contribution is -1.96. The molecule has 0 saturated heterocycles. The van der Waals surface area contributed by atoms with Crippen molar-refractivity contribution in [2.75, 3.05) is 13.4 Å². The maximum atomic E-state index is 5.65. The zero-order valence-electron chi connectivity index (χ0n) is 11.3. The standard InChI is InChI=1S/C16H20OS/c1-4-5-9-14-13-10-7-6-8-12(13)11-15(18-3)16(14)17-2/h6-8,10-11H,4-5,9H2,1-3H3. The zero-order valence-corrected chi connectivity index (χ0v) is 12.1. The number of ether oxygens (including phenoxy) is 1. The fraction of sp³-hybridized carbons (Fsp3) is 0.375. The molecule has 1 nitrogen and oxygen atoms in total. The van der Waals surface area contributed by atoms with Gasteiger partial charge in [-0.25, -0.2) is 0 Å². The van der Waals surface area contributed by atoms with Crippen molar-refractivity contribution < 1.29 is 4.74 Å². The van der Waals surface area contributed by atoms with E-state index < -0.39 is 0 Å². The summed E-state index contributed by atoms with van der Waals surface area (Å²) < 4.78 is 5.65. The Labute approximate surface area is 114 Å². The Morgan fingerprint density at radius 1 is 1.22 bits per heavy atom. The third-order valence-electron chi connectivity index (χ3n) is 3.27. The molecule has 0 aliphatic heterocycles. The van der Waals surface area contributed by atoms with Crippen LogP contribution in [-0.2, 0) is 6.42 Å². The van der Waals surface area contributed by atoms with Gasteiger partial charge in [0.25, 0.3) is 0 Å². The fourth-order valence-electron chi connectivity index (χ4n) is 2.35. The molecule has 0 fully saturated rings. The summed E-state index contributed by atoms with van der Waals surface area (Å²) in [6.45, 7) is 2.23. The molecule has 2 rings (SSSR count). The van der Waals surface area contributed by atoms with Crippen LogP contribution < -0.4 is 4.74 Å². The van der Waals surface area contributed by atoms with Crippen LogP contribution in [0.2, 0.25) is 0 Å². The van der Waals surface area contributed by atoms with Crippen LogP contribution in [0, 0.1) is 0 Å². The minimum absolute atomic E-state index is 1.06. The van der Waals surface area contributed by atoms with E-state index in [-0.39, 0.29) is 0 Å². The fourth-order valence-corrected chi connectivity index (χ4v) is 2.99. The van der Waals surface area contributed by atoms with Crippen LogP contribution in [0.1, 0.15) is 25.3 Å². The third-order valence-corrected chi connectivity index (χ3v) is 4.02. The lowest BCUT2D eigenvalue weighted by atomic mass is 9.99. The highest BCUT2D eigenvalue weighted by Crippen LogP contribution is 2.37. The Morgan fingerprint density at radius 3 is 2.67 bits per heavy atom. The molecule has 0 bridgehead atoms. The molecule has 0 unspecified atom stereocenters. The molecule has 18 heavy (non-hydrogen) atoms. The van der Waals surface area contributed by atoms with Gasteiger partial charge in [0.15, 0.2) is 0 Å². The first-order valence-corrected chi connectivity index (χ1v) is 7.66. The minimum atomic E-state index is 1.06. The van der Waals surface area contributed by atoms with Gasteiger partial charge < -0.3 is 4.74 Å². The Kier molecular flexibility index (Phi) is 4.54. The molecule has 2 heteroatoms. The lowest BCUT2D eigenvalue weighted by molar-refractivity contribution is 0.400. The monoisotopic (exact) mass is 260 g/mol. The van der Waals surface area contributed by atoms with E-state index in [1.165, 1.54) is 34.1 Å². The van der Waals surface area contributed by atoms with Crippen molar-refractivity contribution in [1.82, 2.24) is 0 Å². The smallest absolute Gasteiger partial charge is 0.136 e. The average molecular weight is 260 g/mol. The van der Waals surface area contributed by atoms with E-state index >= 15 is 0 Å². The van der Waals surface area contributed by atoms with Gasteiger partial charge in [0.1, 0.15) is 5.75 Å². The molecule has 0 aliphatic rings. The van der Waals surface area contributed by atoms with Crippen LogP contribution in [0.3, 0.4) is 0 Å². The van der Waals surface area contributed by atoms with Crippen molar-refractivity contribution >= 4 is 22.5 Å². The predicted molar refractivity (Wildman–Crippen MR) is 80.9 cm³/mol. The molecule has 2 aromatic carbocycles. The van der Waals surface area contributed by atoms with E-state index in [9.17, 15) is 0 Å². The molecule has 0 heterocycles. The molecular weight excluding hydrogens is 240 g/mol. The number of benzene rings is 2. The van der Waals surface area contributed by atoms with Gasteiger partial charge in [0, 0.05) is 10.5 Å². The van der Waals surface area contributed by atoms with Gasteiger partial charge in [-0.1, -0.05) is 37.6 Å². The maximum Gasteiger partial charge on any atom is 0.136 e. The van der Waals surface area contributed by atoms with Gasteiger partial charge in [-0.15, -0.1) is 11.8 Å². The molecule has 0 saturated carbocycles. The third kappa shape index (κ3) is 2.49. The first-order valence-electron chi connectivity index (χ1n) is 6.44. The molecule has 0 aromatic heterocycles. The molecule has 96 valence electrons. The molecule has 2 aromatic rings. The van der Waals surface area contributed by atoms with Crippen LogP contribution in [0.15, 0.2) is 35.2 Å². The van der Waals surface area contributed by atoms with Crippen molar-refractivity contribution in [2.45, 2.75) is 31.1 Å². The largest absolute Gasteiger partial charge is 0.495 e. The van der Waals surface area contributed by atoms with Crippen molar-refractivity contribution in [3.05, 3.63) is 35.9 Å². The van der Waals surface area contributed by atoms with Gasteiger partial charge in [0.2, 0.25) is 0 Å². The summed E-state index contributed by atoms with van der Waals surface area (Å²) in [5, 5.41) is 2.65. The summed E-state index contributed by atoms with van der Waals surface area (Å²) >= 11 is 1.76. The first kappa shape index (κ1) is 13.3. The molecule has 0 aliphatic carbocycles. The number of aryl methyl sites for hydroxylation is 1. The zero-order chi connectivity index (χ0) is 13.0. The molecule has 0 amide bonds. The maximum absolute atomic E-state index is 5.65. The van der Waals surface area contributed by atoms with Crippen molar-refractivity contribution in [1.29, 1.82) is 0 Å².